The first-order chi connectivity index (χ1) is 10.2. The minimum absolute atomic E-state index is 0.0658. The topological polar surface area (TPSA) is 32.3 Å². The van der Waals surface area contributed by atoms with Gasteiger partial charge in [-0.1, -0.05) is 30.3 Å². The minimum atomic E-state index is -0.0658. The number of amides is 1. The van der Waals surface area contributed by atoms with Crippen LogP contribution in [0.15, 0.2) is 54.6 Å². The fraction of sp³-hybridized carbons (Fsp3) is 0.278. The number of anilines is 1. The molecule has 3 heteroatoms. The summed E-state index contributed by atoms with van der Waals surface area (Å²) >= 11 is 0. The van der Waals surface area contributed by atoms with Gasteiger partial charge in [-0.15, -0.1) is 0 Å². The molecule has 1 aliphatic rings. The molecule has 2 aromatic carbocycles. The Morgan fingerprint density at radius 2 is 1.81 bits per heavy atom. The molecule has 1 amide bonds. The van der Waals surface area contributed by atoms with E-state index in [1.807, 2.05) is 42.5 Å². The van der Waals surface area contributed by atoms with Gasteiger partial charge in [-0.2, -0.15) is 0 Å². The number of benzene rings is 2. The normalized spacial score (nSPS) is 18.6. The summed E-state index contributed by atoms with van der Waals surface area (Å²) in [6, 6.07) is 17.5. The summed E-state index contributed by atoms with van der Waals surface area (Å²) in [6.45, 7) is 2.28. The van der Waals surface area contributed by atoms with E-state index in [2.05, 4.69) is 29.4 Å². The standard InChI is InChI=1S/C18H20N2O/c1-20-12-11-16(13-20)14-7-9-17(10-8-14)19-18(21)15-5-3-2-4-6-15/h2-10,16H,11-13H2,1H3,(H,19,21)/t16-/m1/s1. The highest BCUT2D eigenvalue weighted by molar-refractivity contribution is 6.04. The van der Waals surface area contributed by atoms with Crippen molar-refractivity contribution in [2.75, 3.05) is 25.5 Å². The van der Waals surface area contributed by atoms with Crippen LogP contribution in [-0.2, 0) is 0 Å². The molecular weight excluding hydrogens is 260 g/mol. The largest absolute Gasteiger partial charge is 0.322 e. The van der Waals surface area contributed by atoms with Gasteiger partial charge in [0.1, 0.15) is 0 Å². The van der Waals surface area contributed by atoms with E-state index in [0.717, 1.165) is 18.8 Å². The third kappa shape index (κ3) is 3.31. The first-order valence-corrected chi connectivity index (χ1v) is 7.37. The molecule has 0 unspecified atom stereocenters. The summed E-state index contributed by atoms with van der Waals surface area (Å²) in [7, 11) is 2.16. The monoisotopic (exact) mass is 280 g/mol. The molecule has 0 aromatic heterocycles. The molecule has 1 N–H and O–H groups in total. The molecule has 0 radical (unpaired) electrons. The number of hydrogen-bond acceptors (Lipinski definition) is 2. The van der Waals surface area contributed by atoms with E-state index in [1.54, 1.807) is 0 Å². The lowest BCUT2D eigenvalue weighted by atomic mass is 9.98. The zero-order valence-electron chi connectivity index (χ0n) is 12.3. The number of rotatable bonds is 3. The molecular formula is C18H20N2O. The van der Waals surface area contributed by atoms with Gasteiger partial charge in [0.15, 0.2) is 0 Å². The number of likely N-dealkylation sites (tertiary alicyclic amines) is 1. The second-order valence-electron chi connectivity index (χ2n) is 5.69. The maximum atomic E-state index is 12.1. The Balaban J connectivity index is 1.66. The van der Waals surface area contributed by atoms with Crippen molar-refractivity contribution >= 4 is 11.6 Å². The Morgan fingerprint density at radius 3 is 2.43 bits per heavy atom. The second kappa shape index (κ2) is 6.10. The van der Waals surface area contributed by atoms with Crippen LogP contribution >= 0.6 is 0 Å². The van der Waals surface area contributed by atoms with Gasteiger partial charge < -0.3 is 10.2 Å². The lowest BCUT2D eigenvalue weighted by Crippen LogP contribution is -2.13. The van der Waals surface area contributed by atoms with Gasteiger partial charge in [0, 0.05) is 17.8 Å². The number of hydrogen-bond donors (Lipinski definition) is 1. The fourth-order valence-electron chi connectivity index (χ4n) is 2.84. The van der Waals surface area contributed by atoms with Crippen molar-refractivity contribution in [3.63, 3.8) is 0 Å². The van der Waals surface area contributed by atoms with E-state index >= 15 is 0 Å². The van der Waals surface area contributed by atoms with Crippen LogP contribution in [0.5, 0.6) is 0 Å². The van der Waals surface area contributed by atoms with Crippen LogP contribution < -0.4 is 5.32 Å². The maximum Gasteiger partial charge on any atom is 0.255 e. The van der Waals surface area contributed by atoms with Gasteiger partial charge in [-0.25, -0.2) is 0 Å². The third-order valence-corrected chi connectivity index (χ3v) is 4.07. The number of nitrogens with zero attached hydrogens (tertiary/aromatic N) is 1. The first kappa shape index (κ1) is 13.8. The van der Waals surface area contributed by atoms with Crippen LogP contribution in [0.3, 0.4) is 0 Å². The van der Waals surface area contributed by atoms with E-state index in [-0.39, 0.29) is 5.91 Å². The molecule has 1 atom stereocenters. The molecule has 108 valence electrons. The summed E-state index contributed by atoms with van der Waals surface area (Å²) in [6.07, 6.45) is 1.21. The van der Waals surface area contributed by atoms with Crippen molar-refractivity contribution in [1.29, 1.82) is 0 Å². The van der Waals surface area contributed by atoms with Crippen molar-refractivity contribution in [2.45, 2.75) is 12.3 Å². The SMILES string of the molecule is CN1CC[C@@H](c2ccc(NC(=O)c3ccccc3)cc2)C1. The Labute approximate surface area is 125 Å². The summed E-state index contributed by atoms with van der Waals surface area (Å²) in [5.41, 5.74) is 2.88. The predicted molar refractivity (Wildman–Crippen MR) is 85.7 cm³/mol. The third-order valence-electron chi connectivity index (χ3n) is 4.07. The van der Waals surface area contributed by atoms with E-state index in [4.69, 9.17) is 0 Å². The Kier molecular flexibility index (Phi) is 4.02. The van der Waals surface area contributed by atoms with Gasteiger partial charge >= 0.3 is 0 Å². The first-order valence-electron chi connectivity index (χ1n) is 7.37. The molecule has 1 fully saturated rings. The highest BCUT2D eigenvalue weighted by Crippen LogP contribution is 2.27. The lowest BCUT2D eigenvalue weighted by molar-refractivity contribution is 0.102. The van der Waals surface area contributed by atoms with Crippen molar-refractivity contribution in [1.82, 2.24) is 4.90 Å². The summed E-state index contributed by atoms with van der Waals surface area (Å²) in [4.78, 5) is 14.4. The molecule has 3 nitrogen and oxygen atoms in total. The molecule has 3 rings (SSSR count). The smallest absolute Gasteiger partial charge is 0.255 e. The van der Waals surface area contributed by atoms with Crippen LogP contribution in [-0.4, -0.2) is 30.9 Å². The van der Waals surface area contributed by atoms with E-state index in [1.165, 1.54) is 12.0 Å². The molecule has 0 bridgehead atoms. The van der Waals surface area contributed by atoms with Crippen molar-refractivity contribution in [3.8, 4) is 0 Å². The fourth-order valence-corrected chi connectivity index (χ4v) is 2.84. The van der Waals surface area contributed by atoms with E-state index in [9.17, 15) is 4.79 Å². The quantitative estimate of drug-likeness (QED) is 0.935. The summed E-state index contributed by atoms with van der Waals surface area (Å²) in [5, 5.41) is 2.94. The molecule has 21 heavy (non-hydrogen) atoms. The second-order valence-corrected chi connectivity index (χ2v) is 5.69. The van der Waals surface area contributed by atoms with Gasteiger partial charge in [0.2, 0.25) is 0 Å². The zero-order chi connectivity index (χ0) is 14.7. The molecule has 2 aromatic rings. The van der Waals surface area contributed by atoms with Crippen molar-refractivity contribution < 1.29 is 4.79 Å². The number of likely N-dealkylation sites (N-methyl/N-ethyl adjacent to an activating group) is 1. The van der Waals surface area contributed by atoms with E-state index < -0.39 is 0 Å². The van der Waals surface area contributed by atoms with Crippen LogP contribution in [0.1, 0.15) is 28.3 Å². The van der Waals surface area contributed by atoms with Gasteiger partial charge in [-0.05, 0) is 55.8 Å². The highest BCUT2D eigenvalue weighted by atomic mass is 16.1. The maximum absolute atomic E-state index is 12.1. The van der Waals surface area contributed by atoms with Crippen LogP contribution in [0.2, 0.25) is 0 Å². The Bertz CT molecular complexity index is 607. The van der Waals surface area contributed by atoms with Crippen molar-refractivity contribution in [3.05, 3.63) is 65.7 Å². The van der Waals surface area contributed by atoms with Gasteiger partial charge in [-0.3, -0.25) is 4.79 Å². The average Bonchev–Trinajstić information content (AvgIpc) is 2.95. The Morgan fingerprint density at radius 1 is 1.10 bits per heavy atom. The highest BCUT2D eigenvalue weighted by Gasteiger charge is 2.20. The Hall–Kier alpha value is -2.13. The van der Waals surface area contributed by atoms with Crippen LogP contribution in [0.25, 0.3) is 0 Å². The number of carbonyl (C=O) groups is 1. The van der Waals surface area contributed by atoms with E-state index in [0.29, 0.717) is 11.5 Å². The summed E-state index contributed by atoms with van der Waals surface area (Å²) < 4.78 is 0. The molecule has 1 saturated heterocycles. The van der Waals surface area contributed by atoms with Crippen LogP contribution in [0.4, 0.5) is 5.69 Å². The zero-order valence-corrected chi connectivity index (χ0v) is 12.3. The summed E-state index contributed by atoms with van der Waals surface area (Å²) in [5.74, 6) is 0.554. The minimum Gasteiger partial charge on any atom is -0.322 e. The van der Waals surface area contributed by atoms with Crippen molar-refractivity contribution in [2.24, 2.45) is 0 Å². The number of nitrogens with one attached hydrogen (secondary N) is 1. The van der Waals surface area contributed by atoms with Gasteiger partial charge in [0.25, 0.3) is 5.91 Å². The molecule has 0 saturated carbocycles. The predicted octanol–water partition coefficient (Wildman–Crippen LogP) is 3.36. The molecule has 0 aliphatic carbocycles. The molecule has 1 heterocycles. The van der Waals surface area contributed by atoms with Gasteiger partial charge in [0.05, 0.1) is 0 Å². The van der Waals surface area contributed by atoms with Crippen LogP contribution in [0, 0.1) is 0 Å². The number of carbonyl (C=O) groups excluding carboxylic acids is 1. The molecule has 0 spiro atoms. The molecule has 1 aliphatic heterocycles. The lowest BCUT2D eigenvalue weighted by Gasteiger charge is -2.12. The average molecular weight is 280 g/mol.